The number of rotatable bonds is 5. The fourth-order valence-corrected chi connectivity index (χ4v) is 3.97. The fraction of sp³-hybridized carbons (Fsp3) is 0.412. The Kier molecular flexibility index (Phi) is 5.43. The van der Waals surface area contributed by atoms with Crippen molar-refractivity contribution in [2.75, 3.05) is 19.8 Å². The number of carbonyl (C=O) groups is 1. The Morgan fingerprint density at radius 1 is 1.54 bits per heavy atom. The average Bonchev–Trinajstić information content (AvgIpc) is 3.15. The number of ether oxygens (including phenoxy) is 2. The van der Waals surface area contributed by atoms with Gasteiger partial charge in [0.1, 0.15) is 4.32 Å². The van der Waals surface area contributed by atoms with Gasteiger partial charge in [-0.2, -0.15) is 0 Å². The van der Waals surface area contributed by atoms with Crippen LogP contribution in [0.1, 0.15) is 25.3 Å². The summed E-state index contributed by atoms with van der Waals surface area (Å²) < 4.78 is 11.5. The lowest BCUT2D eigenvalue weighted by atomic mass is 10.2. The second-order valence-electron chi connectivity index (χ2n) is 5.59. The number of hydrogen-bond donors (Lipinski definition) is 1. The van der Waals surface area contributed by atoms with Crippen molar-refractivity contribution in [1.29, 1.82) is 0 Å². The van der Waals surface area contributed by atoms with Crippen molar-refractivity contribution in [3.63, 3.8) is 0 Å². The number of hydrogen-bond acceptors (Lipinski definition) is 6. The van der Waals surface area contributed by atoms with Crippen LogP contribution in [0, 0.1) is 0 Å². The summed E-state index contributed by atoms with van der Waals surface area (Å²) in [5, 5.41) is 9.76. The number of thioether (sulfide) groups is 1. The molecule has 0 aromatic heterocycles. The first-order valence-electron chi connectivity index (χ1n) is 7.91. The summed E-state index contributed by atoms with van der Waals surface area (Å²) in [7, 11) is 0. The van der Waals surface area contributed by atoms with Crippen LogP contribution in [0.3, 0.4) is 0 Å². The number of aromatic hydroxyl groups is 1. The molecule has 1 atom stereocenters. The minimum atomic E-state index is -0.0912. The number of phenolic OH excluding ortho intramolecular Hbond substituents is 1. The largest absolute Gasteiger partial charge is 0.504 e. The molecule has 2 aliphatic rings. The van der Waals surface area contributed by atoms with E-state index in [2.05, 4.69) is 0 Å². The van der Waals surface area contributed by atoms with Crippen LogP contribution in [-0.2, 0) is 9.53 Å². The lowest BCUT2D eigenvalue weighted by Gasteiger charge is -2.18. The Bertz CT molecular complexity index is 683. The number of amides is 1. The first-order valence-corrected chi connectivity index (χ1v) is 9.13. The number of phenols is 1. The SMILES string of the molecule is CCOc1cc(/C=C2/SC(=S)N(C[C@H]3CCCO3)C2=O)ccc1O. The van der Waals surface area contributed by atoms with E-state index in [9.17, 15) is 9.90 Å². The molecule has 24 heavy (non-hydrogen) atoms. The van der Waals surface area contributed by atoms with Crippen molar-refractivity contribution in [3.8, 4) is 11.5 Å². The molecule has 0 aliphatic carbocycles. The Labute approximate surface area is 150 Å². The molecule has 1 N–H and O–H groups in total. The minimum Gasteiger partial charge on any atom is -0.504 e. The Hall–Kier alpha value is -1.57. The molecule has 0 saturated carbocycles. The van der Waals surface area contributed by atoms with Gasteiger partial charge in [0.2, 0.25) is 0 Å². The summed E-state index contributed by atoms with van der Waals surface area (Å²) in [5.41, 5.74) is 0.786. The van der Waals surface area contributed by atoms with E-state index in [0.717, 1.165) is 25.0 Å². The van der Waals surface area contributed by atoms with E-state index in [1.165, 1.54) is 11.8 Å². The third kappa shape index (κ3) is 3.74. The Morgan fingerprint density at radius 2 is 2.38 bits per heavy atom. The number of thiocarbonyl (C=S) groups is 1. The van der Waals surface area contributed by atoms with Gasteiger partial charge in [-0.1, -0.05) is 30.0 Å². The molecule has 0 spiro atoms. The van der Waals surface area contributed by atoms with Crippen molar-refractivity contribution in [2.24, 2.45) is 0 Å². The highest BCUT2D eigenvalue weighted by Crippen LogP contribution is 2.35. The standard InChI is InChI=1S/C17H19NO4S2/c1-2-21-14-8-11(5-6-13(14)19)9-15-16(20)18(17(23)24-15)10-12-4-3-7-22-12/h5-6,8-9,12,19H,2-4,7,10H2,1H3/b15-9+/t12-/m1/s1. The monoisotopic (exact) mass is 365 g/mol. The molecule has 3 rings (SSSR count). The van der Waals surface area contributed by atoms with Gasteiger partial charge in [-0.05, 0) is 43.5 Å². The molecule has 0 unspecified atom stereocenters. The lowest BCUT2D eigenvalue weighted by Crippen LogP contribution is -2.35. The van der Waals surface area contributed by atoms with Crippen LogP contribution in [0.5, 0.6) is 11.5 Å². The van der Waals surface area contributed by atoms with Gasteiger partial charge in [0.25, 0.3) is 5.91 Å². The smallest absolute Gasteiger partial charge is 0.266 e. The van der Waals surface area contributed by atoms with Crippen LogP contribution in [-0.4, -0.2) is 46.1 Å². The quantitative estimate of drug-likeness (QED) is 0.639. The van der Waals surface area contributed by atoms with E-state index < -0.39 is 0 Å². The van der Waals surface area contributed by atoms with Gasteiger partial charge in [0.15, 0.2) is 11.5 Å². The molecule has 2 aliphatic heterocycles. The third-order valence-corrected chi connectivity index (χ3v) is 5.24. The van der Waals surface area contributed by atoms with Gasteiger partial charge >= 0.3 is 0 Å². The van der Waals surface area contributed by atoms with Crippen LogP contribution < -0.4 is 4.74 Å². The van der Waals surface area contributed by atoms with E-state index >= 15 is 0 Å². The van der Waals surface area contributed by atoms with Gasteiger partial charge in [-0.25, -0.2) is 0 Å². The molecule has 2 saturated heterocycles. The van der Waals surface area contributed by atoms with Gasteiger partial charge in [-0.3, -0.25) is 9.69 Å². The average molecular weight is 365 g/mol. The first kappa shape index (κ1) is 17.3. The predicted molar refractivity (Wildman–Crippen MR) is 98.1 cm³/mol. The third-order valence-electron chi connectivity index (χ3n) is 3.87. The van der Waals surface area contributed by atoms with Crippen LogP contribution >= 0.6 is 24.0 Å². The highest BCUT2D eigenvalue weighted by Gasteiger charge is 2.34. The first-order chi connectivity index (χ1) is 11.6. The second-order valence-corrected chi connectivity index (χ2v) is 7.26. The van der Waals surface area contributed by atoms with Crippen molar-refractivity contribution >= 4 is 40.3 Å². The lowest BCUT2D eigenvalue weighted by molar-refractivity contribution is -0.123. The summed E-state index contributed by atoms with van der Waals surface area (Å²) in [4.78, 5) is 14.8. The number of carbonyl (C=O) groups excluding carboxylic acids is 1. The molecule has 0 bridgehead atoms. The zero-order valence-corrected chi connectivity index (χ0v) is 15.0. The number of nitrogens with zero attached hydrogens (tertiary/aromatic N) is 1. The minimum absolute atomic E-state index is 0.0741. The molecule has 2 heterocycles. The normalized spacial score (nSPS) is 22.6. The van der Waals surface area contributed by atoms with Gasteiger partial charge in [0.05, 0.1) is 24.2 Å². The molecular formula is C17H19NO4S2. The summed E-state index contributed by atoms with van der Waals surface area (Å²) in [5.74, 6) is 0.396. The Balaban J connectivity index is 1.77. The van der Waals surface area contributed by atoms with Gasteiger partial charge in [0, 0.05) is 6.61 Å². The molecular weight excluding hydrogens is 346 g/mol. The second kappa shape index (κ2) is 7.55. The van der Waals surface area contributed by atoms with Crippen molar-refractivity contribution in [1.82, 2.24) is 4.90 Å². The van der Waals surface area contributed by atoms with Gasteiger partial charge in [-0.15, -0.1) is 0 Å². The number of benzene rings is 1. The van der Waals surface area contributed by atoms with Crippen LogP contribution in [0.15, 0.2) is 23.1 Å². The van der Waals surface area contributed by atoms with Crippen molar-refractivity contribution in [3.05, 3.63) is 28.7 Å². The molecule has 1 aromatic carbocycles. The summed E-state index contributed by atoms with van der Waals surface area (Å²) in [6, 6.07) is 5.01. The summed E-state index contributed by atoms with van der Waals surface area (Å²) in [6.07, 6.45) is 3.84. The fourth-order valence-electron chi connectivity index (χ4n) is 2.69. The summed E-state index contributed by atoms with van der Waals surface area (Å²) >= 11 is 6.63. The zero-order chi connectivity index (χ0) is 17.1. The van der Waals surface area contributed by atoms with Crippen LogP contribution in [0.25, 0.3) is 6.08 Å². The molecule has 5 nitrogen and oxygen atoms in total. The van der Waals surface area contributed by atoms with E-state index in [4.69, 9.17) is 21.7 Å². The highest BCUT2D eigenvalue weighted by atomic mass is 32.2. The molecule has 2 fully saturated rings. The van der Waals surface area contributed by atoms with Gasteiger partial charge < -0.3 is 14.6 Å². The van der Waals surface area contributed by atoms with E-state index in [-0.39, 0.29) is 17.8 Å². The molecule has 7 heteroatoms. The molecule has 1 aromatic rings. The molecule has 0 radical (unpaired) electrons. The maximum Gasteiger partial charge on any atom is 0.266 e. The van der Waals surface area contributed by atoms with Crippen molar-refractivity contribution in [2.45, 2.75) is 25.9 Å². The maximum atomic E-state index is 12.6. The van der Waals surface area contributed by atoms with Crippen molar-refractivity contribution < 1.29 is 19.4 Å². The molecule has 128 valence electrons. The maximum absolute atomic E-state index is 12.6. The Morgan fingerprint density at radius 3 is 3.08 bits per heavy atom. The highest BCUT2D eigenvalue weighted by molar-refractivity contribution is 8.26. The van der Waals surface area contributed by atoms with Crippen LogP contribution in [0.2, 0.25) is 0 Å². The van der Waals surface area contributed by atoms with E-state index in [0.29, 0.717) is 28.1 Å². The van der Waals surface area contributed by atoms with E-state index in [1.54, 1.807) is 29.2 Å². The summed E-state index contributed by atoms with van der Waals surface area (Å²) in [6.45, 7) is 3.58. The zero-order valence-electron chi connectivity index (χ0n) is 13.4. The van der Waals surface area contributed by atoms with Crippen LogP contribution in [0.4, 0.5) is 0 Å². The topological polar surface area (TPSA) is 59.0 Å². The predicted octanol–water partition coefficient (Wildman–Crippen LogP) is 3.17. The molecule has 1 amide bonds. The van der Waals surface area contributed by atoms with E-state index in [1.807, 2.05) is 6.92 Å².